The van der Waals surface area contributed by atoms with Gasteiger partial charge in [0.25, 0.3) is 0 Å². The van der Waals surface area contributed by atoms with Gasteiger partial charge in [-0.3, -0.25) is 0 Å². The molecule has 94 valence electrons. The Labute approximate surface area is 114 Å². The number of hydrogen-bond donors (Lipinski definition) is 1. The Hall–Kier alpha value is -1.31. The lowest BCUT2D eigenvalue weighted by atomic mass is 9.99. The lowest BCUT2D eigenvalue weighted by molar-refractivity contribution is 0.698. The number of fused-ring (bicyclic) bond motifs is 3. The summed E-state index contributed by atoms with van der Waals surface area (Å²) in [6, 6.07) is 15.5. The molecule has 2 N–H and O–H groups in total. The van der Waals surface area contributed by atoms with E-state index < -0.39 is 0 Å². The van der Waals surface area contributed by atoms with Gasteiger partial charge < -0.3 is 5.73 Å². The van der Waals surface area contributed by atoms with Crippen molar-refractivity contribution < 1.29 is 0 Å². The first kappa shape index (κ1) is 13.1. The molecule has 0 heterocycles. The van der Waals surface area contributed by atoms with Crippen molar-refractivity contribution >= 4 is 12.4 Å². The molecular weight excluding hydrogens is 242 g/mol. The van der Waals surface area contributed by atoms with Crippen LogP contribution in [0.4, 0.5) is 0 Å². The van der Waals surface area contributed by atoms with Crippen LogP contribution in [0.25, 0.3) is 11.1 Å². The first-order chi connectivity index (χ1) is 8.29. The van der Waals surface area contributed by atoms with E-state index in [-0.39, 0.29) is 18.4 Å². The molecule has 2 heteroatoms. The van der Waals surface area contributed by atoms with Gasteiger partial charge in [0.05, 0.1) is 0 Å². The van der Waals surface area contributed by atoms with Gasteiger partial charge in [-0.15, -0.1) is 12.4 Å². The van der Waals surface area contributed by atoms with E-state index in [1.807, 2.05) is 0 Å². The van der Waals surface area contributed by atoms with E-state index in [1.165, 1.54) is 27.8 Å². The molecule has 18 heavy (non-hydrogen) atoms. The van der Waals surface area contributed by atoms with E-state index in [0.29, 0.717) is 0 Å². The highest BCUT2D eigenvalue weighted by Crippen LogP contribution is 2.37. The normalized spacial score (nSPS) is 13.4. The van der Waals surface area contributed by atoms with Crippen LogP contribution < -0.4 is 5.73 Å². The van der Waals surface area contributed by atoms with Gasteiger partial charge in [-0.05, 0) is 40.7 Å². The van der Waals surface area contributed by atoms with Crippen molar-refractivity contribution in [2.45, 2.75) is 25.8 Å². The topological polar surface area (TPSA) is 26.0 Å². The fraction of sp³-hybridized carbons (Fsp3) is 0.250. The number of rotatable bonds is 2. The summed E-state index contributed by atoms with van der Waals surface area (Å²) >= 11 is 0. The Morgan fingerprint density at radius 1 is 1.06 bits per heavy atom. The van der Waals surface area contributed by atoms with E-state index in [9.17, 15) is 0 Å². The molecule has 0 spiro atoms. The summed E-state index contributed by atoms with van der Waals surface area (Å²) in [5, 5.41) is 0. The molecule has 1 aliphatic rings. The maximum atomic E-state index is 6.09. The molecule has 3 rings (SSSR count). The maximum absolute atomic E-state index is 6.09. The molecule has 0 unspecified atom stereocenters. The van der Waals surface area contributed by atoms with Gasteiger partial charge in [0.15, 0.2) is 0 Å². The Balaban J connectivity index is 0.00000120. The van der Waals surface area contributed by atoms with E-state index in [1.54, 1.807) is 0 Å². The minimum absolute atomic E-state index is 0. The van der Waals surface area contributed by atoms with Gasteiger partial charge in [-0.1, -0.05) is 49.4 Å². The molecule has 0 bridgehead atoms. The second kappa shape index (κ2) is 5.13. The van der Waals surface area contributed by atoms with E-state index in [2.05, 4.69) is 49.4 Å². The average molecular weight is 260 g/mol. The van der Waals surface area contributed by atoms with Crippen molar-refractivity contribution in [3.05, 3.63) is 59.2 Å². The first-order valence-electron chi connectivity index (χ1n) is 6.26. The van der Waals surface area contributed by atoms with Crippen molar-refractivity contribution in [1.29, 1.82) is 0 Å². The van der Waals surface area contributed by atoms with E-state index in [0.717, 1.165) is 12.8 Å². The summed E-state index contributed by atoms with van der Waals surface area (Å²) < 4.78 is 0. The quantitative estimate of drug-likeness (QED) is 0.737. The smallest absolute Gasteiger partial charge is 0.0292 e. The van der Waals surface area contributed by atoms with Crippen molar-refractivity contribution in [2.24, 2.45) is 5.73 Å². The van der Waals surface area contributed by atoms with Gasteiger partial charge >= 0.3 is 0 Å². The molecule has 0 fully saturated rings. The molecule has 1 nitrogen and oxygen atoms in total. The molecule has 0 saturated heterocycles. The van der Waals surface area contributed by atoms with Crippen LogP contribution in [0.2, 0.25) is 0 Å². The SMILES string of the molecule is CC[C@H](N)c1ccc2c(c1)Cc1ccccc1-2.Cl. The molecule has 2 aromatic carbocycles. The Kier molecular flexibility index (Phi) is 3.74. The Morgan fingerprint density at radius 2 is 1.78 bits per heavy atom. The second-order valence-electron chi connectivity index (χ2n) is 4.77. The zero-order valence-electron chi connectivity index (χ0n) is 10.5. The molecule has 1 atom stereocenters. The highest BCUT2D eigenvalue weighted by atomic mass is 35.5. The molecule has 0 amide bonds. The standard InChI is InChI=1S/C16H17N.ClH/c1-2-16(17)12-7-8-15-13(10-12)9-11-5-3-4-6-14(11)15;/h3-8,10,16H,2,9,17H2,1H3;1H/t16-;/m0./s1. The highest BCUT2D eigenvalue weighted by Gasteiger charge is 2.18. The third kappa shape index (κ3) is 2.05. The van der Waals surface area contributed by atoms with Crippen LogP contribution >= 0.6 is 12.4 Å². The first-order valence-corrected chi connectivity index (χ1v) is 6.26. The lowest BCUT2D eigenvalue weighted by Gasteiger charge is -2.11. The molecule has 1 aliphatic carbocycles. The minimum atomic E-state index is 0. The summed E-state index contributed by atoms with van der Waals surface area (Å²) in [7, 11) is 0. The number of halogens is 1. The summed E-state index contributed by atoms with van der Waals surface area (Å²) in [5.74, 6) is 0. The summed E-state index contributed by atoms with van der Waals surface area (Å²) in [6.07, 6.45) is 2.04. The summed E-state index contributed by atoms with van der Waals surface area (Å²) in [6.45, 7) is 2.13. The maximum Gasteiger partial charge on any atom is 0.0292 e. The molecule has 2 aromatic rings. The number of benzene rings is 2. The predicted molar refractivity (Wildman–Crippen MR) is 79.2 cm³/mol. The third-order valence-electron chi connectivity index (χ3n) is 3.69. The summed E-state index contributed by atoms with van der Waals surface area (Å²) in [5.41, 5.74) is 13.0. The van der Waals surface area contributed by atoms with Gasteiger partial charge in [0, 0.05) is 6.04 Å². The third-order valence-corrected chi connectivity index (χ3v) is 3.69. The lowest BCUT2D eigenvalue weighted by Crippen LogP contribution is -2.08. The molecule has 0 aliphatic heterocycles. The van der Waals surface area contributed by atoms with Crippen molar-refractivity contribution in [2.75, 3.05) is 0 Å². The van der Waals surface area contributed by atoms with E-state index >= 15 is 0 Å². The molecule has 0 aromatic heterocycles. The molecule has 0 radical (unpaired) electrons. The van der Waals surface area contributed by atoms with Gasteiger partial charge in [-0.2, -0.15) is 0 Å². The van der Waals surface area contributed by atoms with E-state index in [4.69, 9.17) is 5.73 Å². The van der Waals surface area contributed by atoms with Crippen LogP contribution in [-0.2, 0) is 6.42 Å². The zero-order chi connectivity index (χ0) is 11.8. The van der Waals surface area contributed by atoms with Crippen molar-refractivity contribution in [3.63, 3.8) is 0 Å². The highest BCUT2D eigenvalue weighted by molar-refractivity contribution is 5.85. The van der Waals surface area contributed by atoms with Gasteiger partial charge in [0.2, 0.25) is 0 Å². The van der Waals surface area contributed by atoms with Crippen LogP contribution in [0.1, 0.15) is 36.1 Å². The average Bonchev–Trinajstić information content (AvgIpc) is 2.75. The number of hydrogen-bond acceptors (Lipinski definition) is 1. The fourth-order valence-electron chi connectivity index (χ4n) is 2.63. The molecular formula is C16H18ClN. The monoisotopic (exact) mass is 259 g/mol. The van der Waals surface area contributed by atoms with Crippen LogP contribution in [0.5, 0.6) is 0 Å². The summed E-state index contributed by atoms with van der Waals surface area (Å²) in [4.78, 5) is 0. The van der Waals surface area contributed by atoms with Crippen LogP contribution in [0.3, 0.4) is 0 Å². The van der Waals surface area contributed by atoms with Crippen LogP contribution in [0, 0.1) is 0 Å². The number of nitrogens with two attached hydrogens (primary N) is 1. The zero-order valence-corrected chi connectivity index (χ0v) is 11.3. The fourth-order valence-corrected chi connectivity index (χ4v) is 2.63. The van der Waals surface area contributed by atoms with Gasteiger partial charge in [-0.25, -0.2) is 0 Å². The Bertz CT molecular complexity index is 563. The van der Waals surface area contributed by atoms with Crippen molar-refractivity contribution in [1.82, 2.24) is 0 Å². The Morgan fingerprint density at radius 3 is 2.56 bits per heavy atom. The van der Waals surface area contributed by atoms with Gasteiger partial charge in [0.1, 0.15) is 0 Å². The minimum Gasteiger partial charge on any atom is -0.324 e. The largest absolute Gasteiger partial charge is 0.324 e. The molecule has 0 saturated carbocycles. The van der Waals surface area contributed by atoms with Crippen LogP contribution in [0.15, 0.2) is 42.5 Å². The second-order valence-corrected chi connectivity index (χ2v) is 4.77. The van der Waals surface area contributed by atoms with Crippen LogP contribution in [-0.4, -0.2) is 0 Å². The van der Waals surface area contributed by atoms with Crippen molar-refractivity contribution in [3.8, 4) is 11.1 Å². The predicted octanol–water partition coefficient (Wildman–Crippen LogP) is 4.09.